The van der Waals surface area contributed by atoms with Gasteiger partial charge in [0.15, 0.2) is 6.35 Å². The van der Waals surface area contributed by atoms with Crippen molar-refractivity contribution < 1.29 is 14.2 Å². The molecular weight excluding hydrogens is 232 g/mol. The van der Waals surface area contributed by atoms with Gasteiger partial charge in [0, 0.05) is 26.2 Å². The molecule has 18 heavy (non-hydrogen) atoms. The van der Waals surface area contributed by atoms with E-state index in [9.17, 15) is 0 Å². The Morgan fingerprint density at radius 2 is 1.22 bits per heavy atom. The lowest BCUT2D eigenvalue weighted by atomic mass is 10.2. The zero-order valence-corrected chi connectivity index (χ0v) is 11.9. The zero-order valence-electron chi connectivity index (χ0n) is 11.9. The summed E-state index contributed by atoms with van der Waals surface area (Å²) in [6, 6.07) is 0. The lowest BCUT2D eigenvalue weighted by Gasteiger charge is -2.44. The maximum Gasteiger partial charge on any atom is 0.169 e. The molecule has 0 spiro atoms. The minimum Gasteiger partial charge on any atom is -0.379 e. The van der Waals surface area contributed by atoms with E-state index >= 15 is 0 Å². The lowest BCUT2D eigenvalue weighted by molar-refractivity contribution is -0.227. The van der Waals surface area contributed by atoms with Gasteiger partial charge in [-0.2, -0.15) is 0 Å². The Bertz CT molecular complexity index is 225. The predicted octanol–water partition coefficient (Wildman–Crippen LogP) is 0.750. The van der Waals surface area contributed by atoms with Gasteiger partial charge in [0.05, 0.1) is 32.0 Å². The summed E-state index contributed by atoms with van der Waals surface area (Å²) in [5, 5.41) is 0. The molecule has 0 radical (unpaired) electrons. The Balaban J connectivity index is 2.00. The molecule has 0 unspecified atom stereocenters. The van der Waals surface area contributed by atoms with E-state index in [-0.39, 0.29) is 12.0 Å². The van der Waals surface area contributed by atoms with Crippen molar-refractivity contribution in [3.63, 3.8) is 0 Å². The molecular formula is C13H26N2O3. The van der Waals surface area contributed by atoms with Crippen LogP contribution in [0.4, 0.5) is 0 Å². The van der Waals surface area contributed by atoms with Crippen molar-refractivity contribution in [3.8, 4) is 0 Å². The third-order valence-electron chi connectivity index (χ3n) is 3.18. The van der Waals surface area contributed by atoms with Gasteiger partial charge in [-0.3, -0.25) is 9.80 Å². The van der Waals surface area contributed by atoms with Crippen LogP contribution in [0.5, 0.6) is 0 Å². The Kier molecular flexibility index (Phi) is 4.98. The second-order valence-corrected chi connectivity index (χ2v) is 5.85. The van der Waals surface area contributed by atoms with Gasteiger partial charge in [-0.15, -0.1) is 0 Å². The smallest absolute Gasteiger partial charge is 0.169 e. The summed E-state index contributed by atoms with van der Waals surface area (Å²) in [6.45, 7) is 13.3. The van der Waals surface area contributed by atoms with E-state index in [0.29, 0.717) is 0 Å². The van der Waals surface area contributed by atoms with Gasteiger partial charge in [-0.25, -0.2) is 0 Å². The molecule has 0 bridgehead atoms. The second-order valence-electron chi connectivity index (χ2n) is 5.85. The van der Waals surface area contributed by atoms with Crippen LogP contribution in [0.1, 0.15) is 20.8 Å². The predicted molar refractivity (Wildman–Crippen MR) is 69.4 cm³/mol. The van der Waals surface area contributed by atoms with Crippen LogP contribution in [0, 0.1) is 0 Å². The van der Waals surface area contributed by atoms with Gasteiger partial charge in [-0.05, 0) is 20.8 Å². The first-order chi connectivity index (χ1) is 8.56. The maximum absolute atomic E-state index is 6.26. The van der Waals surface area contributed by atoms with E-state index in [1.54, 1.807) is 0 Å². The van der Waals surface area contributed by atoms with Crippen LogP contribution < -0.4 is 0 Å². The van der Waals surface area contributed by atoms with Crippen LogP contribution in [-0.2, 0) is 14.2 Å². The quantitative estimate of drug-likeness (QED) is 0.746. The second kappa shape index (κ2) is 6.30. The molecule has 5 nitrogen and oxygen atoms in total. The summed E-state index contributed by atoms with van der Waals surface area (Å²) in [5.41, 5.74) is -0.138. The van der Waals surface area contributed by atoms with E-state index in [4.69, 9.17) is 14.2 Å². The average molecular weight is 258 g/mol. The van der Waals surface area contributed by atoms with E-state index in [2.05, 4.69) is 30.6 Å². The summed E-state index contributed by atoms with van der Waals surface area (Å²) in [7, 11) is 0. The molecule has 0 aliphatic carbocycles. The van der Waals surface area contributed by atoms with Crippen LogP contribution in [0.25, 0.3) is 0 Å². The number of nitrogens with zero attached hydrogens (tertiary/aromatic N) is 2. The van der Waals surface area contributed by atoms with Crippen molar-refractivity contribution in [3.05, 3.63) is 0 Å². The van der Waals surface area contributed by atoms with Crippen LogP contribution in [0.2, 0.25) is 0 Å². The molecule has 5 heteroatoms. The number of rotatable bonds is 3. The molecule has 106 valence electrons. The van der Waals surface area contributed by atoms with Gasteiger partial charge in [0.2, 0.25) is 0 Å². The highest BCUT2D eigenvalue weighted by atomic mass is 16.5. The largest absolute Gasteiger partial charge is 0.379 e. The minimum atomic E-state index is -0.138. The summed E-state index contributed by atoms with van der Waals surface area (Å²) < 4.78 is 17.1. The number of hydrogen-bond donors (Lipinski definition) is 0. The van der Waals surface area contributed by atoms with Crippen LogP contribution in [-0.4, -0.2) is 74.4 Å². The first-order valence-corrected chi connectivity index (χ1v) is 6.88. The molecule has 0 aromatic rings. The number of hydrogen-bond acceptors (Lipinski definition) is 5. The zero-order chi connectivity index (χ0) is 13.0. The Morgan fingerprint density at radius 1 is 0.833 bits per heavy atom. The van der Waals surface area contributed by atoms with E-state index in [1.807, 2.05) is 0 Å². The maximum atomic E-state index is 6.26. The van der Waals surface area contributed by atoms with Gasteiger partial charge >= 0.3 is 0 Å². The molecule has 0 aromatic carbocycles. The van der Waals surface area contributed by atoms with Crippen molar-refractivity contribution in [2.24, 2.45) is 0 Å². The average Bonchev–Trinajstić information content (AvgIpc) is 2.37. The molecule has 2 fully saturated rings. The lowest BCUT2D eigenvalue weighted by Crippen LogP contribution is -2.58. The first kappa shape index (κ1) is 14.2. The summed E-state index contributed by atoms with van der Waals surface area (Å²) in [6.07, 6.45) is 0.0535. The topological polar surface area (TPSA) is 34.2 Å². The SMILES string of the molecule is CC(C)(C)OC(N1CCOCC1)N1CCOCC1. The van der Waals surface area contributed by atoms with Crippen molar-refractivity contribution in [1.29, 1.82) is 0 Å². The fourth-order valence-corrected chi connectivity index (χ4v) is 2.29. The third kappa shape index (κ3) is 4.17. The molecule has 2 rings (SSSR count). The summed E-state index contributed by atoms with van der Waals surface area (Å²) in [4.78, 5) is 4.75. The highest BCUT2D eigenvalue weighted by Crippen LogP contribution is 2.19. The molecule has 0 N–H and O–H groups in total. The normalized spacial score (nSPS) is 24.7. The number of ether oxygens (including phenoxy) is 3. The van der Waals surface area contributed by atoms with Crippen molar-refractivity contribution in [1.82, 2.24) is 9.80 Å². The van der Waals surface area contributed by atoms with E-state index in [0.717, 1.165) is 52.6 Å². The number of morpholine rings is 2. The van der Waals surface area contributed by atoms with Crippen LogP contribution in [0.3, 0.4) is 0 Å². The fourth-order valence-electron chi connectivity index (χ4n) is 2.29. The van der Waals surface area contributed by atoms with Gasteiger partial charge in [-0.1, -0.05) is 0 Å². The Morgan fingerprint density at radius 3 is 1.56 bits per heavy atom. The van der Waals surface area contributed by atoms with Crippen molar-refractivity contribution >= 4 is 0 Å². The Labute approximate surface area is 110 Å². The molecule has 2 saturated heterocycles. The van der Waals surface area contributed by atoms with Crippen molar-refractivity contribution in [2.75, 3.05) is 52.6 Å². The molecule has 0 atom stereocenters. The molecule has 0 aromatic heterocycles. The molecule has 2 aliphatic rings. The molecule has 0 saturated carbocycles. The highest BCUT2D eigenvalue weighted by molar-refractivity contribution is 4.74. The van der Waals surface area contributed by atoms with Gasteiger partial charge < -0.3 is 14.2 Å². The van der Waals surface area contributed by atoms with Crippen LogP contribution in [0.15, 0.2) is 0 Å². The van der Waals surface area contributed by atoms with Gasteiger partial charge in [0.25, 0.3) is 0 Å². The van der Waals surface area contributed by atoms with E-state index < -0.39 is 0 Å². The monoisotopic (exact) mass is 258 g/mol. The Hall–Kier alpha value is -0.200. The standard InChI is InChI=1S/C13H26N2O3/c1-13(2,3)18-12(14-4-8-16-9-5-14)15-6-10-17-11-7-15/h12H,4-11H2,1-3H3. The molecule has 2 aliphatic heterocycles. The van der Waals surface area contributed by atoms with Crippen LogP contribution >= 0.6 is 0 Å². The summed E-state index contributed by atoms with van der Waals surface area (Å²) >= 11 is 0. The third-order valence-corrected chi connectivity index (χ3v) is 3.18. The summed E-state index contributed by atoms with van der Waals surface area (Å²) in [5.74, 6) is 0. The first-order valence-electron chi connectivity index (χ1n) is 6.88. The van der Waals surface area contributed by atoms with E-state index in [1.165, 1.54) is 0 Å². The minimum absolute atomic E-state index is 0.0535. The highest BCUT2D eigenvalue weighted by Gasteiger charge is 2.32. The fraction of sp³-hybridized carbons (Fsp3) is 1.00. The van der Waals surface area contributed by atoms with Gasteiger partial charge in [0.1, 0.15) is 0 Å². The molecule has 2 heterocycles. The molecule has 0 amide bonds. The van der Waals surface area contributed by atoms with Crippen molar-refractivity contribution in [2.45, 2.75) is 32.7 Å².